The summed E-state index contributed by atoms with van der Waals surface area (Å²) in [5, 5.41) is 0. The van der Waals surface area contributed by atoms with Crippen molar-refractivity contribution in [2.75, 3.05) is 0 Å². The van der Waals surface area contributed by atoms with Gasteiger partial charge in [0.15, 0.2) is 0 Å². The van der Waals surface area contributed by atoms with E-state index in [-0.39, 0.29) is 63.8 Å². The van der Waals surface area contributed by atoms with E-state index in [1.54, 1.807) is 0 Å². The molecule has 1 rings (SSSR count). The van der Waals surface area contributed by atoms with Gasteiger partial charge in [-0.3, -0.25) is 0 Å². The van der Waals surface area contributed by atoms with Crippen LogP contribution in [0.2, 0.25) is 0 Å². The zero-order valence-corrected chi connectivity index (χ0v) is 11.9. The predicted molar refractivity (Wildman–Crippen MR) is 76.1 cm³/mol. The van der Waals surface area contributed by atoms with Crippen LogP contribution in [0.5, 0.6) is 0 Å². The third-order valence-electron chi connectivity index (χ3n) is 0.940. The molecule has 24 heavy (non-hydrogen) atoms. The molecule has 0 aliphatic heterocycles. The maximum atomic E-state index is 9.75. The molecule has 0 saturated heterocycles. The van der Waals surface area contributed by atoms with Gasteiger partial charge in [-0.1, -0.05) is 35.9 Å². The fourth-order valence-corrected chi connectivity index (χ4v) is 0.534. The molecular weight excluding hydrogens is 419 g/mol. The van der Waals surface area contributed by atoms with Gasteiger partial charge in [0, 0.05) is 0 Å². The Morgan fingerprint density at radius 1 is 0.542 bits per heavy atom. The number of aryl methyl sites for hydroxylation is 1. The van der Waals surface area contributed by atoms with E-state index >= 15 is 0 Å². The topological polar surface area (TPSA) is 0 Å². The molecule has 1 aromatic rings. The molecule has 0 nitrogen and oxygen atoms in total. The number of rotatable bonds is 0. The van der Waals surface area contributed by atoms with Crippen molar-refractivity contribution in [1.29, 1.82) is 0 Å². The van der Waals surface area contributed by atoms with Gasteiger partial charge in [-0.05, 0) is 6.92 Å². The van der Waals surface area contributed by atoms with Crippen LogP contribution in [0.3, 0.4) is 0 Å². The third-order valence-corrected chi connectivity index (χ3v) is 0.940. The van der Waals surface area contributed by atoms with Crippen molar-refractivity contribution < 1.29 is 51.8 Å². The van der Waals surface area contributed by atoms with Gasteiger partial charge >= 0.3 is 73.1 Å². The van der Waals surface area contributed by atoms with E-state index in [4.69, 9.17) is 0 Å². The average molecular weight is 429 g/mol. The molecule has 0 aromatic heterocycles. The molecule has 0 bridgehead atoms. The van der Waals surface area contributed by atoms with E-state index in [1.807, 2.05) is 18.2 Å². The molecule has 0 fully saturated rings. The maximum absolute atomic E-state index is 9.75. The fourth-order valence-electron chi connectivity index (χ4n) is 0.534. The fraction of sp³-hybridized carbons (Fsp3) is 0.143. The molecule has 0 amide bonds. The van der Waals surface area contributed by atoms with Crippen molar-refractivity contribution in [2.24, 2.45) is 0 Å². The SMILES string of the molecule is Cc1ccccc1.Cl.F[B-](F)(F)F.F[B-](F)(F)F.F[B-](F)(F)F.[KH]. The molecule has 0 aliphatic rings. The Hall–Kier alpha value is 0.501. The minimum absolute atomic E-state index is 0. The molecule has 0 N–H and O–H groups in total. The van der Waals surface area contributed by atoms with Crippen LogP contribution in [0.15, 0.2) is 30.3 Å². The quantitative estimate of drug-likeness (QED) is 0.369. The predicted octanol–water partition coefficient (Wildman–Crippen LogP) is 5.67. The molecule has 0 aliphatic carbocycles. The second-order valence-corrected chi connectivity index (χ2v) is 3.14. The van der Waals surface area contributed by atoms with Crippen LogP contribution in [0.4, 0.5) is 51.8 Å². The molecule has 1 aromatic carbocycles. The van der Waals surface area contributed by atoms with Crippen LogP contribution >= 0.6 is 12.4 Å². The van der Waals surface area contributed by atoms with Crippen LogP contribution in [-0.4, -0.2) is 73.1 Å². The summed E-state index contributed by atoms with van der Waals surface area (Å²) in [6, 6.07) is 10.3. The molecule has 17 heteroatoms. The molecule has 0 unspecified atom stereocenters. The van der Waals surface area contributed by atoms with Crippen LogP contribution in [0, 0.1) is 6.92 Å². The second kappa shape index (κ2) is 16.9. The van der Waals surface area contributed by atoms with Gasteiger partial charge in [0.05, 0.1) is 0 Å². The van der Waals surface area contributed by atoms with E-state index in [0.29, 0.717) is 0 Å². The first kappa shape index (κ1) is 35.6. The summed E-state index contributed by atoms with van der Waals surface area (Å²) >= 11 is 0. The van der Waals surface area contributed by atoms with Crippen LogP contribution in [-0.2, 0) is 0 Å². The van der Waals surface area contributed by atoms with E-state index in [0.717, 1.165) is 0 Å². The first-order valence-electron chi connectivity index (χ1n) is 5.03. The minimum atomic E-state index is -6.00. The molecular formula is C7H10B3ClF12K-3. The zero-order valence-electron chi connectivity index (χ0n) is 11.1. The van der Waals surface area contributed by atoms with Crippen molar-refractivity contribution in [2.45, 2.75) is 6.92 Å². The van der Waals surface area contributed by atoms with Crippen molar-refractivity contribution >= 4 is 85.6 Å². The normalized spacial score (nSPS) is 10.0. The Morgan fingerprint density at radius 3 is 0.792 bits per heavy atom. The second-order valence-electron chi connectivity index (χ2n) is 3.14. The van der Waals surface area contributed by atoms with E-state index in [9.17, 15) is 51.8 Å². The van der Waals surface area contributed by atoms with Crippen LogP contribution in [0.25, 0.3) is 0 Å². The molecule has 0 atom stereocenters. The summed E-state index contributed by atoms with van der Waals surface area (Å²) in [6.45, 7) is 2.08. The molecule has 142 valence electrons. The number of hydrogen-bond acceptors (Lipinski definition) is 0. The Morgan fingerprint density at radius 2 is 0.708 bits per heavy atom. The van der Waals surface area contributed by atoms with Gasteiger partial charge in [0.2, 0.25) is 0 Å². The summed E-state index contributed by atoms with van der Waals surface area (Å²) in [5.74, 6) is 0. The van der Waals surface area contributed by atoms with Crippen LogP contribution in [0.1, 0.15) is 5.56 Å². The summed E-state index contributed by atoms with van der Waals surface area (Å²) in [5.41, 5.74) is 1.32. The Balaban J connectivity index is -0.0000000661. The van der Waals surface area contributed by atoms with E-state index in [2.05, 4.69) is 19.1 Å². The van der Waals surface area contributed by atoms with Gasteiger partial charge in [0.1, 0.15) is 0 Å². The molecule has 0 heterocycles. The Labute approximate surface area is 178 Å². The first-order valence-corrected chi connectivity index (χ1v) is 5.03. The summed E-state index contributed by atoms with van der Waals surface area (Å²) in [4.78, 5) is 0. The standard InChI is InChI=1S/C7H8.3BF4.ClH.K.H/c1-7-5-3-2-4-6-7;3*2-1(3,4)5;;;/h2-6H,1H3;;;;1H;;/q;3*-1;;;. The van der Waals surface area contributed by atoms with Gasteiger partial charge in [-0.2, -0.15) is 0 Å². The average Bonchev–Trinajstić information content (AvgIpc) is 2.09. The van der Waals surface area contributed by atoms with Gasteiger partial charge < -0.3 is 51.8 Å². The number of halogens is 13. The first-order chi connectivity index (χ1) is 9.39. The van der Waals surface area contributed by atoms with E-state index in [1.165, 1.54) is 5.56 Å². The molecule has 0 radical (unpaired) electrons. The number of hydrogen-bond donors (Lipinski definition) is 0. The van der Waals surface area contributed by atoms with E-state index < -0.39 is 21.8 Å². The van der Waals surface area contributed by atoms with Crippen molar-refractivity contribution in [1.82, 2.24) is 0 Å². The number of benzene rings is 1. The van der Waals surface area contributed by atoms with Gasteiger partial charge in [-0.15, -0.1) is 12.4 Å². The molecule has 0 spiro atoms. The van der Waals surface area contributed by atoms with Crippen molar-refractivity contribution in [3.05, 3.63) is 35.9 Å². The summed E-state index contributed by atoms with van der Waals surface area (Å²) in [6.07, 6.45) is 0. The Bertz CT molecular complexity index is 321. The Kier molecular flexibility index (Phi) is 25.1. The molecule has 0 saturated carbocycles. The van der Waals surface area contributed by atoms with Crippen LogP contribution < -0.4 is 0 Å². The summed E-state index contributed by atoms with van der Waals surface area (Å²) < 4.78 is 117. The monoisotopic (exact) mass is 429 g/mol. The van der Waals surface area contributed by atoms with Crippen molar-refractivity contribution in [3.63, 3.8) is 0 Å². The summed E-state index contributed by atoms with van der Waals surface area (Å²) in [7, 11) is -18.0. The van der Waals surface area contributed by atoms with Crippen molar-refractivity contribution in [3.8, 4) is 0 Å². The zero-order chi connectivity index (χ0) is 18.6. The third kappa shape index (κ3) is 144. The van der Waals surface area contributed by atoms with Gasteiger partial charge in [-0.25, -0.2) is 0 Å². The van der Waals surface area contributed by atoms with Gasteiger partial charge in [0.25, 0.3) is 0 Å².